The first-order chi connectivity index (χ1) is 18.3. The standard InChI is InChI=1S/C29H29N5O2S2/c1-18(2)26(30-28(36)20-15-13-19(3)14-16-20)27-31-32-29(33(27)4)37-17-25(35)34-21-9-5-7-11-23(21)38-24-12-8-6-10-22(24)34/h5-16,18,26H,17H2,1-4H3,(H,30,36)/t26-/m0/s1. The Morgan fingerprint density at radius 3 is 2.13 bits per heavy atom. The SMILES string of the molecule is Cc1ccc(C(=O)N[C@H](c2nnc(SCC(=O)N3c4ccccc4Sc4ccccc43)n2C)C(C)C)cc1. The largest absolute Gasteiger partial charge is 0.342 e. The molecule has 7 nitrogen and oxygen atoms in total. The van der Waals surface area contributed by atoms with Gasteiger partial charge >= 0.3 is 0 Å². The van der Waals surface area contributed by atoms with E-state index in [-0.39, 0.29) is 29.5 Å². The van der Waals surface area contributed by atoms with Crippen LogP contribution in [0.2, 0.25) is 0 Å². The van der Waals surface area contributed by atoms with Crippen molar-refractivity contribution in [3.63, 3.8) is 0 Å². The maximum absolute atomic E-state index is 13.6. The highest BCUT2D eigenvalue weighted by molar-refractivity contribution is 8.00. The molecule has 194 valence electrons. The lowest BCUT2D eigenvalue weighted by molar-refractivity contribution is -0.115. The summed E-state index contributed by atoms with van der Waals surface area (Å²) in [6.07, 6.45) is 0. The summed E-state index contributed by atoms with van der Waals surface area (Å²) in [5.74, 6) is 0.747. The highest BCUT2D eigenvalue weighted by Crippen LogP contribution is 2.48. The van der Waals surface area contributed by atoms with E-state index in [9.17, 15) is 9.59 Å². The van der Waals surface area contributed by atoms with Crippen molar-refractivity contribution in [1.82, 2.24) is 20.1 Å². The van der Waals surface area contributed by atoms with Gasteiger partial charge in [0.2, 0.25) is 5.91 Å². The van der Waals surface area contributed by atoms with Crippen molar-refractivity contribution in [3.05, 3.63) is 89.7 Å². The maximum Gasteiger partial charge on any atom is 0.251 e. The summed E-state index contributed by atoms with van der Waals surface area (Å²) in [5.41, 5.74) is 3.48. The zero-order chi connectivity index (χ0) is 26.8. The Morgan fingerprint density at radius 1 is 0.921 bits per heavy atom. The summed E-state index contributed by atoms with van der Waals surface area (Å²) in [5, 5.41) is 12.5. The Morgan fingerprint density at radius 2 is 1.53 bits per heavy atom. The molecule has 0 fully saturated rings. The Bertz CT molecular complexity index is 1440. The van der Waals surface area contributed by atoms with Gasteiger partial charge < -0.3 is 9.88 Å². The van der Waals surface area contributed by atoms with Gasteiger partial charge in [0.25, 0.3) is 5.91 Å². The molecular weight excluding hydrogens is 514 g/mol. The molecule has 1 aromatic heterocycles. The van der Waals surface area contributed by atoms with Crippen molar-refractivity contribution >= 4 is 46.7 Å². The average molecular weight is 544 g/mol. The topological polar surface area (TPSA) is 80.1 Å². The molecular formula is C29H29N5O2S2. The van der Waals surface area contributed by atoms with Gasteiger partial charge in [0.1, 0.15) is 0 Å². The molecule has 1 N–H and O–H groups in total. The average Bonchev–Trinajstić information content (AvgIpc) is 3.28. The van der Waals surface area contributed by atoms with Gasteiger partial charge in [-0.05, 0) is 49.2 Å². The fourth-order valence-electron chi connectivity index (χ4n) is 4.35. The summed E-state index contributed by atoms with van der Waals surface area (Å²) in [6, 6.07) is 23.1. The number of benzene rings is 3. The number of rotatable bonds is 7. The predicted octanol–water partition coefficient (Wildman–Crippen LogP) is 6.17. The van der Waals surface area contributed by atoms with Gasteiger partial charge in [-0.3, -0.25) is 14.5 Å². The first kappa shape index (κ1) is 26.1. The van der Waals surface area contributed by atoms with Crippen LogP contribution in [0.1, 0.15) is 41.6 Å². The minimum Gasteiger partial charge on any atom is -0.342 e. The van der Waals surface area contributed by atoms with Crippen LogP contribution in [-0.4, -0.2) is 32.3 Å². The van der Waals surface area contributed by atoms with Crippen molar-refractivity contribution in [2.45, 2.75) is 41.8 Å². The van der Waals surface area contributed by atoms with Crippen molar-refractivity contribution in [1.29, 1.82) is 0 Å². The minimum atomic E-state index is -0.329. The van der Waals surface area contributed by atoms with E-state index in [4.69, 9.17) is 0 Å². The number of carbonyl (C=O) groups is 2. The second kappa shape index (κ2) is 11.0. The first-order valence-electron chi connectivity index (χ1n) is 12.4. The van der Waals surface area contributed by atoms with Crippen LogP contribution in [0.25, 0.3) is 0 Å². The lowest BCUT2D eigenvalue weighted by Gasteiger charge is -2.30. The molecule has 1 aliphatic rings. The molecule has 1 aliphatic heterocycles. The second-order valence-corrected chi connectivity index (χ2v) is 11.5. The molecule has 4 aromatic rings. The monoisotopic (exact) mass is 543 g/mol. The van der Waals surface area contributed by atoms with Gasteiger partial charge in [-0.2, -0.15) is 0 Å². The number of anilines is 2. The number of carbonyl (C=O) groups excluding carboxylic acids is 2. The first-order valence-corrected chi connectivity index (χ1v) is 14.2. The van der Waals surface area contributed by atoms with Crippen molar-refractivity contribution in [2.24, 2.45) is 13.0 Å². The zero-order valence-corrected chi connectivity index (χ0v) is 23.3. The Kier molecular flexibility index (Phi) is 7.58. The van der Waals surface area contributed by atoms with E-state index in [0.717, 1.165) is 26.7 Å². The third-order valence-electron chi connectivity index (χ3n) is 6.42. The predicted molar refractivity (Wildman–Crippen MR) is 152 cm³/mol. The van der Waals surface area contributed by atoms with E-state index in [1.807, 2.05) is 105 Å². The number of aromatic nitrogens is 3. The van der Waals surface area contributed by atoms with Crippen molar-refractivity contribution in [2.75, 3.05) is 10.7 Å². The molecule has 0 unspecified atom stereocenters. The van der Waals surface area contributed by atoms with Crippen LogP contribution < -0.4 is 10.2 Å². The highest BCUT2D eigenvalue weighted by Gasteiger charge is 2.29. The smallest absolute Gasteiger partial charge is 0.251 e. The maximum atomic E-state index is 13.6. The third-order valence-corrected chi connectivity index (χ3v) is 8.56. The van der Waals surface area contributed by atoms with Crippen LogP contribution in [0.4, 0.5) is 11.4 Å². The molecule has 0 saturated carbocycles. The van der Waals surface area contributed by atoms with Gasteiger partial charge in [-0.1, -0.05) is 79.3 Å². The van der Waals surface area contributed by atoms with Crippen LogP contribution in [0.5, 0.6) is 0 Å². The summed E-state index contributed by atoms with van der Waals surface area (Å²) >= 11 is 3.02. The molecule has 0 aliphatic carbocycles. The summed E-state index contributed by atoms with van der Waals surface area (Å²) in [7, 11) is 1.87. The van der Waals surface area contributed by atoms with Crippen LogP contribution in [0.3, 0.4) is 0 Å². The number of nitrogens with one attached hydrogen (secondary N) is 1. The Labute approximate surface area is 231 Å². The van der Waals surface area contributed by atoms with Crippen molar-refractivity contribution < 1.29 is 9.59 Å². The zero-order valence-electron chi connectivity index (χ0n) is 21.7. The van der Waals surface area contributed by atoms with Gasteiger partial charge in [-0.25, -0.2) is 0 Å². The van der Waals surface area contributed by atoms with Gasteiger partial charge in [0.05, 0.1) is 23.2 Å². The van der Waals surface area contributed by atoms with Gasteiger partial charge in [0.15, 0.2) is 11.0 Å². The normalized spacial score (nSPS) is 13.1. The highest BCUT2D eigenvalue weighted by atomic mass is 32.2. The summed E-state index contributed by atoms with van der Waals surface area (Å²) in [4.78, 5) is 30.4. The quantitative estimate of drug-likeness (QED) is 0.281. The molecule has 2 heterocycles. The molecule has 0 saturated heterocycles. The fraction of sp³-hybridized carbons (Fsp3) is 0.241. The molecule has 2 amide bonds. The fourth-order valence-corrected chi connectivity index (χ4v) is 6.17. The number of para-hydroxylation sites is 2. The molecule has 0 bridgehead atoms. The molecule has 0 radical (unpaired) electrons. The molecule has 0 spiro atoms. The molecule has 3 aromatic carbocycles. The molecule has 5 rings (SSSR count). The number of nitrogens with zero attached hydrogens (tertiary/aromatic N) is 4. The van der Waals surface area contributed by atoms with Crippen LogP contribution in [-0.2, 0) is 11.8 Å². The minimum absolute atomic E-state index is 0.0344. The van der Waals surface area contributed by atoms with Crippen LogP contribution >= 0.6 is 23.5 Å². The molecule has 38 heavy (non-hydrogen) atoms. The van der Waals surface area contributed by atoms with Crippen molar-refractivity contribution in [3.8, 4) is 0 Å². The molecule has 1 atom stereocenters. The number of fused-ring (bicyclic) bond motifs is 2. The number of aryl methyl sites for hydroxylation is 1. The summed E-state index contributed by atoms with van der Waals surface area (Å²) in [6.45, 7) is 6.06. The number of hydrogen-bond donors (Lipinski definition) is 1. The van der Waals surface area contributed by atoms with E-state index < -0.39 is 0 Å². The lowest BCUT2D eigenvalue weighted by atomic mass is 10.0. The Balaban J connectivity index is 1.33. The van der Waals surface area contributed by atoms with Gasteiger partial charge in [-0.15, -0.1) is 10.2 Å². The van der Waals surface area contributed by atoms with Crippen LogP contribution in [0.15, 0.2) is 87.7 Å². The van der Waals surface area contributed by atoms with Crippen LogP contribution in [0, 0.1) is 12.8 Å². The van der Waals surface area contributed by atoms with E-state index in [2.05, 4.69) is 15.5 Å². The summed E-state index contributed by atoms with van der Waals surface area (Å²) < 4.78 is 1.87. The molecule has 9 heteroatoms. The van der Waals surface area contributed by atoms with E-state index >= 15 is 0 Å². The number of thioether (sulfide) groups is 1. The Hall–Kier alpha value is -3.56. The van der Waals surface area contributed by atoms with E-state index in [1.165, 1.54) is 11.8 Å². The number of amides is 2. The lowest BCUT2D eigenvalue weighted by Crippen LogP contribution is -2.33. The van der Waals surface area contributed by atoms with E-state index in [0.29, 0.717) is 16.5 Å². The van der Waals surface area contributed by atoms with E-state index in [1.54, 1.807) is 16.7 Å². The second-order valence-electron chi connectivity index (χ2n) is 9.52. The number of hydrogen-bond acceptors (Lipinski definition) is 6. The van der Waals surface area contributed by atoms with Gasteiger partial charge in [0, 0.05) is 22.4 Å². The third kappa shape index (κ3) is 5.21.